The Balaban J connectivity index is 1.87. The van der Waals surface area contributed by atoms with Crippen molar-refractivity contribution in [3.8, 4) is 0 Å². The number of rotatable bonds is 4. The van der Waals surface area contributed by atoms with Gasteiger partial charge in [-0.25, -0.2) is 14.4 Å². The summed E-state index contributed by atoms with van der Waals surface area (Å²) in [7, 11) is 0. The Morgan fingerprint density at radius 3 is 2.57 bits per heavy atom. The molecule has 0 radical (unpaired) electrons. The number of aryl methyl sites for hydroxylation is 1. The van der Waals surface area contributed by atoms with Gasteiger partial charge in [0.15, 0.2) is 17.5 Å². The van der Waals surface area contributed by atoms with E-state index in [1.165, 1.54) is 12.4 Å². The third-order valence-electron chi connectivity index (χ3n) is 2.94. The van der Waals surface area contributed by atoms with Crippen LogP contribution in [0.25, 0.3) is 0 Å². The minimum absolute atomic E-state index is 0.232. The van der Waals surface area contributed by atoms with Crippen molar-refractivity contribution in [3.05, 3.63) is 46.6 Å². The molecule has 7 nitrogen and oxygen atoms in total. The van der Waals surface area contributed by atoms with E-state index in [1.54, 1.807) is 25.1 Å². The Hall–Kier alpha value is -2.68. The molecule has 0 saturated heterocycles. The molecule has 0 fully saturated rings. The number of nitrogens with zero attached hydrogens (tertiary/aromatic N) is 3. The first kappa shape index (κ1) is 15.2. The molecular formula is C14H12BrFN6O. The van der Waals surface area contributed by atoms with Crippen LogP contribution < -0.4 is 16.4 Å². The summed E-state index contributed by atoms with van der Waals surface area (Å²) in [6, 6.07) is 6.33. The van der Waals surface area contributed by atoms with Crippen molar-refractivity contribution in [1.82, 2.24) is 15.1 Å². The van der Waals surface area contributed by atoms with Gasteiger partial charge in [0.05, 0.1) is 5.69 Å². The molecule has 118 valence electrons. The second kappa shape index (κ2) is 6.21. The number of hydrogen-bond donors (Lipinski definition) is 3. The first-order chi connectivity index (χ1) is 11.0. The number of halogens is 2. The van der Waals surface area contributed by atoms with Gasteiger partial charge in [0.1, 0.15) is 23.6 Å². The van der Waals surface area contributed by atoms with Gasteiger partial charge >= 0.3 is 0 Å². The maximum Gasteiger partial charge on any atom is 0.175 e. The molecule has 0 spiro atoms. The van der Waals surface area contributed by atoms with Crippen LogP contribution in [-0.4, -0.2) is 15.1 Å². The zero-order chi connectivity index (χ0) is 16.4. The van der Waals surface area contributed by atoms with E-state index in [4.69, 9.17) is 10.3 Å². The van der Waals surface area contributed by atoms with Crippen LogP contribution in [0.4, 0.5) is 33.2 Å². The number of nitrogens with one attached hydrogen (secondary N) is 2. The average Bonchev–Trinajstić information content (AvgIpc) is 2.91. The molecule has 0 aliphatic rings. The van der Waals surface area contributed by atoms with Crippen LogP contribution in [-0.2, 0) is 0 Å². The molecule has 9 heteroatoms. The largest absolute Gasteiger partial charge is 0.393 e. The second-order valence-corrected chi connectivity index (χ2v) is 5.60. The van der Waals surface area contributed by atoms with Gasteiger partial charge in [-0.1, -0.05) is 21.1 Å². The molecule has 3 rings (SSSR count). The quantitative estimate of drug-likeness (QED) is 0.635. The summed E-state index contributed by atoms with van der Waals surface area (Å²) < 4.78 is 19.5. The van der Waals surface area contributed by atoms with Gasteiger partial charge < -0.3 is 20.9 Å². The molecule has 23 heavy (non-hydrogen) atoms. The van der Waals surface area contributed by atoms with Gasteiger partial charge in [0.25, 0.3) is 0 Å². The molecule has 0 unspecified atom stereocenters. The molecular weight excluding hydrogens is 367 g/mol. The lowest BCUT2D eigenvalue weighted by molar-refractivity contribution is 0.400. The highest BCUT2D eigenvalue weighted by Crippen LogP contribution is 2.29. The standard InChI is InChI=1S/C14H12BrFN6O/c1-7-4-11(22-23-7)21-14-12(17)13(18-6-19-14)20-10-3-2-8(15)5-9(10)16/h2-6H,17H2,1H3,(H2,18,19,20,21,22). The zero-order valence-electron chi connectivity index (χ0n) is 12.0. The predicted molar refractivity (Wildman–Crippen MR) is 88.3 cm³/mol. The predicted octanol–water partition coefficient (Wildman–Crippen LogP) is 3.74. The molecule has 4 N–H and O–H groups in total. The first-order valence-corrected chi connectivity index (χ1v) is 7.35. The van der Waals surface area contributed by atoms with Crippen LogP contribution in [0.1, 0.15) is 5.76 Å². The summed E-state index contributed by atoms with van der Waals surface area (Å²) in [5.74, 6) is 1.31. The molecule has 0 bridgehead atoms. The van der Waals surface area contributed by atoms with E-state index in [0.29, 0.717) is 21.9 Å². The van der Waals surface area contributed by atoms with Gasteiger partial charge in [0, 0.05) is 10.5 Å². The van der Waals surface area contributed by atoms with Crippen LogP contribution in [0.15, 0.2) is 39.6 Å². The SMILES string of the molecule is Cc1cc(Nc2ncnc(Nc3ccc(Br)cc3F)c2N)no1. The van der Waals surface area contributed by atoms with Gasteiger partial charge in [-0.2, -0.15) is 0 Å². The summed E-state index contributed by atoms with van der Waals surface area (Å²) in [5, 5.41) is 9.57. The molecule has 2 aromatic heterocycles. The van der Waals surface area contributed by atoms with E-state index in [9.17, 15) is 4.39 Å². The van der Waals surface area contributed by atoms with E-state index >= 15 is 0 Å². The van der Waals surface area contributed by atoms with Crippen LogP contribution in [0.5, 0.6) is 0 Å². The monoisotopic (exact) mass is 378 g/mol. The fourth-order valence-electron chi connectivity index (χ4n) is 1.86. The minimum Gasteiger partial charge on any atom is -0.393 e. The van der Waals surface area contributed by atoms with Crippen molar-refractivity contribution in [2.24, 2.45) is 0 Å². The normalized spacial score (nSPS) is 10.6. The summed E-state index contributed by atoms with van der Waals surface area (Å²) >= 11 is 3.20. The summed E-state index contributed by atoms with van der Waals surface area (Å²) in [5.41, 5.74) is 6.51. The molecule has 0 amide bonds. The van der Waals surface area contributed by atoms with Crippen LogP contribution in [0, 0.1) is 12.7 Å². The van der Waals surface area contributed by atoms with E-state index in [0.717, 1.165) is 0 Å². The highest BCUT2D eigenvalue weighted by atomic mass is 79.9. The lowest BCUT2D eigenvalue weighted by atomic mass is 10.3. The number of benzene rings is 1. The molecule has 1 aromatic carbocycles. The summed E-state index contributed by atoms with van der Waals surface area (Å²) in [6.45, 7) is 1.77. The van der Waals surface area contributed by atoms with Crippen molar-refractivity contribution in [3.63, 3.8) is 0 Å². The Morgan fingerprint density at radius 2 is 1.91 bits per heavy atom. The Morgan fingerprint density at radius 1 is 1.17 bits per heavy atom. The second-order valence-electron chi connectivity index (χ2n) is 4.68. The third kappa shape index (κ3) is 3.39. The van der Waals surface area contributed by atoms with Crippen molar-refractivity contribution in [2.75, 3.05) is 16.4 Å². The Labute approximate surface area is 139 Å². The van der Waals surface area contributed by atoms with Crippen LogP contribution in [0.2, 0.25) is 0 Å². The number of aromatic nitrogens is 3. The first-order valence-electron chi connectivity index (χ1n) is 6.56. The molecule has 0 saturated carbocycles. The van der Waals surface area contributed by atoms with E-state index in [-0.39, 0.29) is 17.2 Å². The van der Waals surface area contributed by atoms with Crippen LogP contribution in [0.3, 0.4) is 0 Å². The lowest BCUT2D eigenvalue weighted by Gasteiger charge is -2.12. The fourth-order valence-corrected chi connectivity index (χ4v) is 2.19. The third-order valence-corrected chi connectivity index (χ3v) is 3.44. The zero-order valence-corrected chi connectivity index (χ0v) is 13.6. The van der Waals surface area contributed by atoms with Crippen molar-refractivity contribution >= 4 is 44.8 Å². The smallest absolute Gasteiger partial charge is 0.175 e. The van der Waals surface area contributed by atoms with Crippen molar-refractivity contribution < 1.29 is 8.91 Å². The van der Waals surface area contributed by atoms with Crippen molar-refractivity contribution in [1.29, 1.82) is 0 Å². The highest BCUT2D eigenvalue weighted by molar-refractivity contribution is 9.10. The highest BCUT2D eigenvalue weighted by Gasteiger charge is 2.12. The number of nitrogens with two attached hydrogens (primary N) is 1. The average molecular weight is 379 g/mol. The summed E-state index contributed by atoms with van der Waals surface area (Å²) in [4.78, 5) is 8.09. The Kier molecular flexibility index (Phi) is 4.11. The molecule has 2 heterocycles. The molecule has 0 aliphatic heterocycles. The lowest BCUT2D eigenvalue weighted by Crippen LogP contribution is -2.06. The fraction of sp³-hybridized carbons (Fsp3) is 0.0714. The molecule has 0 aliphatic carbocycles. The summed E-state index contributed by atoms with van der Waals surface area (Å²) in [6.07, 6.45) is 1.31. The van der Waals surface area contributed by atoms with Gasteiger partial charge in [-0.3, -0.25) is 0 Å². The number of nitrogen functional groups attached to an aromatic ring is 1. The van der Waals surface area contributed by atoms with E-state index in [2.05, 4.69) is 41.7 Å². The number of hydrogen-bond acceptors (Lipinski definition) is 7. The van der Waals surface area contributed by atoms with Gasteiger partial charge in [-0.05, 0) is 25.1 Å². The van der Waals surface area contributed by atoms with Gasteiger partial charge in [-0.15, -0.1) is 0 Å². The maximum absolute atomic E-state index is 13.9. The molecule has 3 aromatic rings. The minimum atomic E-state index is -0.431. The number of anilines is 5. The Bertz CT molecular complexity index is 853. The van der Waals surface area contributed by atoms with Crippen molar-refractivity contribution in [2.45, 2.75) is 6.92 Å². The molecule has 0 atom stereocenters. The topological polar surface area (TPSA) is 102 Å². The maximum atomic E-state index is 13.9. The van der Waals surface area contributed by atoms with E-state index < -0.39 is 5.82 Å². The van der Waals surface area contributed by atoms with E-state index in [1.807, 2.05) is 0 Å². The van der Waals surface area contributed by atoms with Crippen LogP contribution >= 0.6 is 15.9 Å². The van der Waals surface area contributed by atoms with Gasteiger partial charge in [0.2, 0.25) is 0 Å².